The van der Waals surface area contributed by atoms with Crippen LogP contribution < -0.4 is 10.2 Å². The van der Waals surface area contributed by atoms with Crippen molar-refractivity contribution in [1.82, 2.24) is 10.3 Å². The maximum atomic E-state index is 13.4. The fraction of sp³-hybridized carbons (Fsp3) is 0.591. The Hall–Kier alpha value is -1.90. The minimum atomic E-state index is -4.44. The number of hydrogen-bond acceptors (Lipinski definition) is 5. The van der Waals surface area contributed by atoms with E-state index < -0.39 is 17.3 Å². The molecular formula is C22H28F3N3O2. The Labute approximate surface area is 174 Å². The largest absolute Gasteiger partial charge is 0.418 e. The van der Waals surface area contributed by atoms with Crippen molar-refractivity contribution < 1.29 is 23.0 Å². The van der Waals surface area contributed by atoms with Crippen molar-refractivity contribution in [2.45, 2.75) is 44.0 Å². The van der Waals surface area contributed by atoms with E-state index in [1.807, 2.05) is 0 Å². The van der Waals surface area contributed by atoms with Crippen molar-refractivity contribution in [1.29, 1.82) is 0 Å². The number of aromatic nitrogens is 1. The van der Waals surface area contributed by atoms with Crippen LogP contribution in [-0.2, 0) is 10.9 Å². The van der Waals surface area contributed by atoms with Gasteiger partial charge in [-0.15, -0.1) is 0 Å². The lowest BCUT2D eigenvalue weighted by Crippen LogP contribution is -2.54. The number of nitrogens with one attached hydrogen (secondary N) is 1. The Kier molecular flexibility index (Phi) is 5.92. The second-order valence-electron chi connectivity index (χ2n) is 8.69. The van der Waals surface area contributed by atoms with Crippen LogP contribution in [0, 0.1) is 5.92 Å². The lowest BCUT2D eigenvalue weighted by molar-refractivity contribution is -0.136. The second kappa shape index (κ2) is 8.32. The minimum absolute atomic E-state index is 0.0123. The summed E-state index contributed by atoms with van der Waals surface area (Å²) in [6, 6.07) is 6.23. The molecule has 30 heavy (non-hydrogen) atoms. The van der Waals surface area contributed by atoms with Crippen LogP contribution in [0.3, 0.4) is 0 Å². The van der Waals surface area contributed by atoms with E-state index in [1.54, 1.807) is 18.2 Å². The van der Waals surface area contributed by atoms with Crippen molar-refractivity contribution in [3.63, 3.8) is 0 Å². The first-order chi connectivity index (χ1) is 14.3. The molecule has 0 unspecified atom stereocenters. The van der Waals surface area contributed by atoms with Crippen LogP contribution in [0.1, 0.15) is 31.7 Å². The van der Waals surface area contributed by atoms with Crippen LogP contribution in [0.2, 0.25) is 0 Å². The van der Waals surface area contributed by atoms with E-state index in [0.717, 1.165) is 24.7 Å². The number of anilines is 1. The average Bonchev–Trinajstić information content (AvgIpc) is 2.71. The second-order valence-corrected chi connectivity index (χ2v) is 8.69. The molecule has 0 bridgehead atoms. The van der Waals surface area contributed by atoms with Gasteiger partial charge in [0.15, 0.2) is 0 Å². The zero-order valence-electron chi connectivity index (χ0n) is 17.1. The van der Waals surface area contributed by atoms with E-state index >= 15 is 0 Å². The fourth-order valence-corrected chi connectivity index (χ4v) is 4.62. The van der Waals surface area contributed by atoms with Gasteiger partial charge in [0.25, 0.3) is 0 Å². The Morgan fingerprint density at radius 2 is 2.00 bits per heavy atom. The van der Waals surface area contributed by atoms with Gasteiger partial charge < -0.3 is 20.1 Å². The quantitative estimate of drug-likeness (QED) is 0.787. The van der Waals surface area contributed by atoms with Crippen LogP contribution in [0.25, 0.3) is 10.9 Å². The van der Waals surface area contributed by atoms with Gasteiger partial charge in [-0.1, -0.05) is 6.92 Å². The van der Waals surface area contributed by atoms with Crippen LogP contribution in [-0.4, -0.2) is 54.6 Å². The molecule has 1 aromatic heterocycles. The molecule has 2 aliphatic heterocycles. The molecule has 2 aromatic rings. The first-order valence-corrected chi connectivity index (χ1v) is 10.5. The van der Waals surface area contributed by atoms with Crippen molar-refractivity contribution in [3.8, 4) is 0 Å². The molecule has 2 saturated heterocycles. The molecule has 0 amide bonds. The van der Waals surface area contributed by atoms with E-state index in [1.165, 1.54) is 6.20 Å². The summed E-state index contributed by atoms with van der Waals surface area (Å²) < 4.78 is 45.6. The summed E-state index contributed by atoms with van der Waals surface area (Å²) in [7, 11) is 0. The van der Waals surface area contributed by atoms with Crippen molar-refractivity contribution in [2.24, 2.45) is 5.92 Å². The molecule has 0 radical (unpaired) electrons. The number of rotatable bonds is 4. The van der Waals surface area contributed by atoms with Gasteiger partial charge in [0.1, 0.15) is 0 Å². The van der Waals surface area contributed by atoms with Crippen molar-refractivity contribution >= 4 is 16.6 Å². The Morgan fingerprint density at radius 3 is 2.73 bits per heavy atom. The highest BCUT2D eigenvalue weighted by atomic mass is 19.4. The summed E-state index contributed by atoms with van der Waals surface area (Å²) in [6.07, 6.45) is -0.856. The van der Waals surface area contributed by atoms with Crippen LogP contribution in [0.15, 0.2) is 30.5 Å². The third kappa shape index (κ3) is 4.55. The highest BCUT2D eigenvalue weighted by Crippen LogP contribution is 2.38. The number of aliphatic hydroxyl groups is 1. The van der Waals surface area contributed by atoms with Crippen molar-refractivity contribution in [2.75, 3.05) is 37.7 Å². The van der Waals surface area contributed by atoms with Gasteiger partial charge in [0, 0.05) is 69.0 Å². The summed E-state index contributed by atoms with van der Waals surface area (Å²) >= 11 is 0. The number of piperidine rings is 1. The van der Waals surface area contributed by atoms with Gasteiger partial charge in [0.2, 0.25) is 0 Å². The summed E-state index contributed by atoms with van der Waals surface area (Å²) in [5.41, 5.74) is -0.700. The molecule has 4 rings (SSSR count). The normalized spacial score (nSPS) is 24.9. The maximum absolute atomic E-state index is 13.4. The monoisotopic (exact) mass is 423 g/mol. The smallest absolute Gasteiger partial charge is 0.388 e. The van der Waals surface area contributed by atoms with Gasteiger partial charge >= 0.3 is 6.18 Å². The van der Waals surface area contributed by atoms with E-state index in [4.69, 9.17) is 4.74 Å². The van der Waals surface area contributed by atoms with Crippen LogP contribution >= 0.6 is 0 Å². The molecule has 0 aliphatic carbocycles. The molecule has 2 fully saturated rings. The number of alkyl halides is 3. The van der Waals surface area contributed by atoms with E-state index in [9.17, 15) is 18.3 Å². The Morgan fingerprint density at radius 1 is 1.23 bits per heavy atom. The molecular weight excluding hydrogens is 395 g/mol. The molecule has 164 valence electrons. The zero-order valence-corrected chi connectivity index (χ0v) is 17.1. The average molecular weight is 423 g/mol. The SMILES string of the molecule is C[C@H]1C[C@@H](NCC2(O)CCOCC2)CN(c2ccc(C(F)(F)F)c3ncccc23)C1. The van der Waals surface area contributed by atoms with Gasteiger partial charge in [0.05, 0.1) is 16.7 Å². The van der Waals surface area contributed by atoms with E-state index in [-0.39, 0.29) is 11.6 Å². The third-order valence-electron chi connectivity index (χ3n) is 6.20. The zero-order chi connectivity index (χ0) is 21.4. The van der Waals surface area contributed by atoms with Crippen molar-refractivity contribution in [3.05, 3.63) is 36.0 Å². The molecule has 5 nitrogen and oxygen atoms in total. The Bertz CT molecular complexity index is 884. The summed E-state index contributed by atoms with van der Waals surface area (Å²) in [5, 5.41) is 14.7. The summed E-state index contributed by atoms with van der Waals surface area (Å²) in [5.74, 6) is 0.370. The number of ether oxygens (including phenoxy) is 1. The number of benzene rings is 1. The first-order valence-electron chi connectivity index (χ1n) is 10.5. The predicted molar refractivity (Wildman–Crippen MR) is 110 cm³/mol. The minimum Gasteiger partial charge on any atom is -0.388 e. The molecule has 8 heteroatoms. The summed E-state index contributed by atoms with van der Waals surface area (Å²) in [4.78, 5) is 6.18. The number of fused-ring (bicyclic) bond motifs is 1. The molecule has 2 N–H and O–H groups in total. The standard InChI is InChI=1S/C22H28F3N3O2/c1-15-11-16(27-14-21(29)6-9-30-10-7-21)13-28(12-15)19-5-4-18(22(23,24)25)20-17(19)3-2-8-26-20/h2-5,8,15-16,27,29H,6-7,9-14H2,1H3/t15-,16+/m0/s1. The lowest BCUT2D eigenvalue weighted by atomic mass is 9.91. The first kappa shape index (κ1) is 21.3. The van der Waals surface area contributed by atoms with Gasteiger partial charge in [-0.05, 0) is 36.6 Å². The topological polar surface area (TPSA) is 57.6 Å². The predicted octanol–water partition coefficient (Wildman–Crippen LogP) is 3.60. The highest BCUT2D eigenvalue weighted by Gasteiger charge is 2.35. The van der Waals surface area contributed by atoms with Gasteiger partial charge in [-0.3, -0.25) is 4.98 Å². The van der Waals surface area contributed by atoms with Crippen LogP contribution in [0.5, 0.6) is 0 Å². The van der Waals surface area contributed by atoms with Gasteiger partial charge in [-0.2, -0.15) is 13.2 Å². The molecule has 2 aliphatic rings. The number of hydrogen-bond donors (Lipinski definition) is 2. The molecule has 1 aromatic carbocycles. The molecule has 2 atom stereocenters. The van der Waals surface area contributed by atoms with E-state index in [0.29, 0.717) is 50.4 Å². The number of halogens is 3. The van der Waals surface area contributed by atoms with E-state index in [2.05, 4.69) is 22.1 Å². The maximum Gasteiger partial charge on any atom is 0.418 e. The fourth-order valence-electron chi connectivity index (χ4n) is 4.62. The summed E-state index contributed by atoms with van der Waals surface area (Å²) in [6.45, 7) is 5.22. The molecule has 3 heterocycles. The number of pyridine rings is 1. The highest BCUT2D eigenvalue weighted by molar-refractivity contribution is 5.94. The lowest BCUT2D eigenvalue weighted by Gasteiger charge is -2.41. The van der Waals surface area contributed by atoms with Crippen LogP contribution in [0.4, 0.5) is 18.9 Å². The van der Waals surface area contributed by atoms with Gasteiger partial charge in [-0.25, -0.2) is 0 Å². The molecule has 0 spiro atoms. The number of nitrogens with zero attached hydrogens (tertiary/aromatic N) is 2. The molecule has 0 saturated carbocycles. The third-order valence-corrected chi connectivity index (χ3v) is 6.20. The Balaban J connectivity index is 1.55.